The SMILES string of the molecule is C=NC(CCCCCc1cccc(Cl)c1C)CC(C)C. The molecule has 1 atom stereocenters. The Morgan fingerprint density at radius 1 is 1.20 bits per heavy atom. The Morgan fingerprint density at radius 2 is 1.95 bits per heavy atom. The molecule has 0 radical (unpaired) electrons. The minimum Gasteiger partial charge on any atom is -0.298 e. The number of nitrogens with zero attached hydrogens (tertiary/aromatic N) is 1. The smallest absolute Gasteiger partial charge is 0.0494 e. The maximum atomic E-state index is 6.14. The predicted octanol–water partition coefficient (Wildman–Crippen LogP) is 5.87. The standard InChI is InChI=1S/C18H28ClN/c1-14(2)13-17(20-4)11-7-5-6-9-16-10-8-12-18(19)15(16)3/h8,10,12,14,17H,4-7,9,11,13H2,1-3H3. The van der Waals surface area contributed by atoms with Gasteiger partial charge in [0.2, 0.25) is 0 Å². The van der Waals surface area contributed by atoms with Gasteiger partial charge < -0.3 is 0 Å². The molecule has 0 fully saturated rings. The number of unbranched alkanes of at least 4 members (excludes halogenated alkanes) is 2. The highest BCUT2D eigenvalue weighted by molar-refractivity contribution is 6.31. The van der Waals surface area contributed by atoms with Crippen LogP contribution in [0.2, 0.25) is 5.02 Å². The van der Waals surface area contributed by atoms with E-state index in [1.165, 1.54) is 36.8 Å². The summed E-state index contributed by atoms with van der Waals surface area (Å²) >= 11 is 6.14. The van der Waals surface area contributed by atoms with Gasteiger partial charge in [0.05, 0.1) is 0 Å². The fourth-order valence-electron chi connectivity index (χ4n) is 2.62. The van der Waals surface area contributed by atoms with Gasteiger partial charge in [-0.25, -0.2) is 0 Å². The van der Waals surface area contributed by atoms with E-state index in [4.69, 9.17) is 11.6 Å². The Labute approximate surface area is 129 Å². The summed E-state index contributed by atoms with van der Waals surface area (Å²) < 4.78 is 0. The van der Waals surface area contributed by atoms with Crippen molar-refractivity contribution in [2.75, 3.05) is 0 Å². The van der Waals surface area contributed by atoms with Gasteiger partial charge in [0.1, 0.15) is 0 Å². The van der Waals surface area contributed by atoms with E-state index in [1.807, 2.05) is 12.1 Å². The zero-order valence-electron chi connectivity index (χ0n) is 13.2. The highest BCUT2D eigenvalue weighted by Crippen LogP contribution is 2.21. The van der Waals surface area contributed by atoms with Gasteiger partial charge in [0, 0.05) is 11.1 Å². The summed E-state index contributed by atoms with van der Waals surface area (Å²) in [5.74, 6) is 0.708. The Hall–Kier alpha value is -0.820. The summed E-state index contributed by atoms with van der Waals surface area (Å²) in [6.07, 6.45) is 7.20. The largest absolute Gasteiger partial charge is 0.298 e. The maximum Gasteiger partial charge on any atom is 0.0494 e. The summed E-state index contributed by atoms with van der Waals surface area (Å²) in [5, 5.41) is 0.885. The number of aliphatic imine (C=N–C) groups is 1. The minimum atomic E-state index is 0.447. The molecule has 0 aliphatic heterocycles. The van der Waals surface area contributed by atoms with E-state index in [1.54, 1.807) is 0 Å². The second-order valence-electron chi connectivity index (χ2n) is 6.09. The average molecular weight is 294 g/mol. The molecule has 2 heteroatoms. The van der Waals surface area contributed by atoms with Gasteiger partial charge in [-0.2, -0.15) is 0 Å². The van der Waals surface area contributed by atoms with Gasteiger partial charge in [0.15, 0.2) is 0 Å². The molecule has 0 saturated heterocycles. The molecule has 1 unspecified atom stereocenters. The van der Waals surface area contributed by atoms with Crippen LogP contribution in [0.25, 0.3) is 0 Å². The van der Waals surface area contributed by atoms with Crippen LogP contribution < -0.4 is 0 Å². The lowest BCUT2D eigenvalue weighted by Gasteiger charge is -2.14. The number of rotatable bonds is 9. The second kappa shape index (κ2) is 9.18. The van der Waals surface area contributed by atoms with Crippen LogP contribution in [0.1, 0.15) is 57.1 Å². The van der Waals surface area contributed by atoms with Gasteiger partial charge >= 0.3 is 0 Å². The topological polar surface area (TPSA) is 12.4 Å². The van der Waals surface area contributed by atoms with Crippen molar-refractivity contribution >= 4 is 18.3 Å². The minimum absolute atomic E-state index is 0.447. The normalized spacial score (nSPS) is 12.7. The van der Waals surface area contributed by atoms with Crippen molar-refractivity contribution in [2.24, 2.45) is 10.9 Å². The number of hydrogen-bond acceptors (Lipinski definition) is 1. The molecule has 112 valence electrons. The van der Waals surface area contributed by atoms with Gasteiger partial charge in [-0.1, -0.05) is 50.4 Å². The lowest BCUT2D eigenvalue weighted by Crippen LogP contribution is -2.07. The Bertz CT molecular complexity index is 412. The number of hydrogen-bond donors (Lipinski definition) is 0. The molecular weight excluding hydrogens is 266 g/mol. The molecule has 0 aliphatic carbocycles. The first-order valence-corrected chi connectivity index (χ1v) is 8.12. The molecule has 0 saturated carbocycles. The van der Waals surface area contributed by atoms with Crippen molar-refractivity contribution < 1.29 is 0 Å². The van der Waals surface area contributed by atoms with Crippen molar-refractivity contribution in [3.8, 4) is 0 Å². The predicted molar refractivity (Wildman–Crippen MR) is 91.2 cm³/mol. The van der Waals surface area contributed by atoms with Crippen LogP contribution in [0.4, 0.5) is 0 Å². The van der Waals surface area contributed by atoms with Crippen LogP contribution in [0.3, 0.4) is 0 Å². The quantitative estimate of drug-likeness (QED) is 0.399. The van der Waals surface area contributed by atoms with Crippen LogP contribution in [-0.2, 0) is 6.42 Å². The summed E-state index contributed by atoms with van der Waals surface area (Å²) in [6.45, 7) is 10.3. The molecule has 0 bridgehead atoms. The van der Waals surface area contributed by atoms with Crippen molar-refractivity contribution in [1.29, 1.82) is 0 Å². The lowest BCUT2D eigenvalue weighted by atomic mass is 9.97. The first-order chi connectivity index (χ1) is 9.54. The first-order valence-electron chi connectivity index (χ1n) is 7.74. The zero-order chi connectivity index (χ0) is 15.0. The van der Waals surface area contributed by atoms with E-state index >= 15 is 0 Å². The first kappa shape index (κ1) is 17.2. The van der Waals surface area contributed by atoms with Gasteiger partial charge in [-0.3, -0.25) is 4.99 Å². The van der Waals surface area contributed by atoms with Crippen molar-refractivity contribution in [1.82, 2.24) is 0 Å². The van der Waals surface area contributed by atoms with E-state index in [9.17, 15) is 0 Å². The molecule has 1 nitrogen and oxygen atoms in total. The van der Waals surface area contributed by atoms with E-state index in [0.717, 1.165) is 17.9 Å². The Morgan fingerprint density at radius 3 is 2.60 bits per heavy atom. The molecule has 1 aromatic carbocycles. The molecule has 0 amide bonds. The van der Waals surface area contributed by atoms with E-state index in [2.05, 4.69) is 38.5 Å². The van der Waals surface area contributed by atoms with Crippen LogP contribution in [-0.4, -0.2) is 12.8 Å². The van der Waals surface area contributed by atoms with Crippen molar-refractivity contribution in [2.45, 2.75) is 65.3 Å². The summed E-state index contributed by atoms with van der Waals surface area (Å²) in [5.41, 5.74) is 2.62. The fraction of sp³-hybridized carbons (Fsp3) is 0.611. The average Bonchev–Trinajstić information content (AvgIpc) is 2.41. The third-order valence-electron chi connectivity index (χ3n) is 3.87. The van der Waals surface area contributed by atoms with Gasteiger partial charge in [-0.05, 0) is 62.4 Å². The van der Waals surface area contributed by atoms with Crippen LogP contribution in [0.5, 0.6) is 0 Å². The third-order valence-corrected chi connectivity index (χ3v) is 4.27. The van der Waals surface area contributed by atoms with E-state index in [-0.39, 0.29) is 0 Å². The highest BCUT2D eigenvalue weighted by atomic mass is 35.5. The highest BCUT2D eigenvalue weighted by Gasteiger charge is 2.08. The summed E-state index contributed by atoms with van der Waals surface area (Å²) in [7, 11) is 0. The maximum absolute atomic E-state index is 6.14. The van der Waals surface area contributed by atoms with Crippen LogP contribution in [0.15, 0.2) is 23.2 Å². The van der Waals surface area contributed by atoms with Crippen LogP contribution in [0, 0.1) is 12.8 Å². The number of aryl methyl sites for hydroxylation is 1. The van der Waals surface area contributed by atoms with E-state index < -0.39 is 0 Å². The molecular formula is C18H28ClN. The zero-order valence-corrected chi connectivity index (χ0v) is 13.9. The molecule has 0 aliphatic rings. The van der Waals surface area contributed by atoms with Crippen molar-refractivity contribution in [3.63, 3.8) is 0 Å². The van der Waals surface area contributed by atoms with E-state index in [0.29, 0.717) is 12.0 Å². The van der Waals surface area contributed by atoms with Crippen molar-refractivity contribution in [3.05, 3.63) is 34.3 Å². The Balaban J connectivity index is 2.25. The van der Waals surface area contributed by atoms with Gasteiger partial charge in [-0.15, -0.1) is 0 Å². The third kappa shape index (κ3) is 6.09. The molecule has 0 N–H and O–H groups in total. The summed E-state index contributed by atoms with van der Waals surface area (Å²) in [4.78, 5) is 4.24. The van der Waals surface area contributed by atoms with Gasteiger partial charge in [0.25, 0.3) is 0 Å². The lowest BCUT2D eigenvalue weighted by molar-refractivity contribution is 0.458. The number of benzene rings is 1. The molecule has 0 heterocycles. The fourth-order valence-corrected chi connectivity index (χ4v) is 2.82. The number of halogens is 1. The molecule has 0 aromatic heterocycles. The van der Waals surface area contributed by atoms with Crippen LogP contribution >= 0.6 is 11.6 Å². The molecule has 1 aromatic rings. The molecule has 0 spiro atoms. The molecule has 20 heavy (non-hydrogen) atoms. The monoisotopic (exact) mass is 293 g/mol. The summed E-state index contributed by atoms with van der Waals surface area (Å²) in [6, 6.07) is 6.65. The molecule has 1 rings (SSSR count). The second-order valence-corrected chi connectivity index (χ2v) is 6.50. The Kier molecular flexibility index (Phi) is 7.91.